The van der Waals surface area contributed by atoms with Gasteiger partial charge in [0.1, 0.15) is 11.8 Å². The quantitative estimate of drug-likeness (QED) is 0.202. The molecule has 194 valence electrons. The minimum atomic E-state index is -0.247. The maximum absolute atomic E-state index is 13.1. The molecule has 0 bridgehead atoms. The summed E-state index contributed by atoms with van der Waals surface area (Å²) in [6, 6.07) is 33.4. The number of furan rings is 1. The van der Waals surface area contributed by atoms with E-state index in [0.717, 1.165) is 37.9 Å². The summed E-state index contributed by atoms with van der Waals surface area (Å²) in [5.41, 5.74) is 1.66. The lowest BCUT2D eigenvalue weighted by Crippen LogP contribution is -2.32. The van der Waals surface area contributed by atoms with Gasteiger partial charge in [-0.05, 0) is 60.1 Å². The van der Waals surface area contributed by atoms with E-state index in [4.69, 9.17) is 16.6 Å². The summed E-state index contributed by atoms with van der Waals surface area (Å²) >= 11 is 7.33. The number of rotatable bonds is 8. The number of nitrogens with zero attached hydrogens (tertiary/aromatic N) is 2. The monoisotopic (exact) mass is 550 g/mol. The van der Waals surface area contributed by atoms with Crippen LogP contribution in [-0.4, -0.2) is 27.4 Å². The van der Waals surface area contributed by atoms with Crippen molar-refractivity contribution >= 4 is 51.5 Å². The number of hydrogen-bond acceptors (Lipinski definition) is 5. The largest absolute Gasteiger partial charge is 0.452 e. The summed E-state index contributed by atoms with van der Waals surface area (Å²) in [4.78, 5) is 20.8. The molecule has 5 aromatic rings. The lowest BCUT2D eigenvalue weighted by molar-refractivity contribution is -0.116. The molecule has 39 heavy (non-hydrogen) atoms. The Balaban J connectivity index is 1.22. The molecule has 8 heteroatoms. The molecule has 3 heterocycles. The molecule has 1 saturated heterocycles. The minimum Gasteiger partial charge on any atom is -0.452 e. The molecule has 0 radical (unpaired) electrons. The second-order valence-electron chi connectivity index (χ2n) is 9.22. The van der Waals surface area contributed by atoms with E-state index in [1.807, 2.05) is 95.9 Å². The first-order chi connectivity index (χ1) is 19.2. The van der Waals surface area contributed by atoms with E-state index in [0.29, 0.717) is 11.7 Å². The van der Waals surface area contributed by atoms with Crippen LogP contribution in [0.4, 0.5) is 5.69 Å². The first-order valence-corrected chi connectivity index (χ1v) is 14.0. The number of pyridine rings is 1. The topological polar surface area (TPSA) is 70.4 Å². The van der Waals surface area contributed by atoms with Crippen molar-refractivity contribution in [2.24, 2.45) is 0 Å². The fourth-order valence-corrected chi connectivity index (χ4v) is 6.01. The highest BCUT2D eigenvalue weighted by Gasteiger charge is 2.41. The van der Waals surface area contributed by atoms with Crippen LogP contribution in [0.5, 0.6) is 0 Å². The van der Waals surface area contributed by atoms with E-state index in [1.165, 1.54) is 0 Å². The summed E-state index contributed by atoms with van der Waals surface area (Å²) in [7, 11) is 0. The number of nitrogens with one attached hydrogen (secondary N) is 2. The van der Waals surface area contributed by atoms with Gasteiger partial charge in [0.2, 0.25) is 5.91 Å². The third-order valence-electron chi connectivity index (χ3n) is 6.70. The molecule has 2 N–H and O–H groups in total. The van der Waals surface area contributed by atoms with E-state index < -0.39 is 0 Å². The summed E-state index contributed by atoms with van der Waals surface area (Å²) in [5, 5.41) is 9.97. The smallest absolute Gasteiger partial charge is 0.226 e. The number of anilines is 1. The lowest BCUT2D eigenvalue weighted by atomic mass is 10.0. The number of amides is 1. The van der Waals surface area contributed by atoms with Crippen molar-refractivity contribution in [2.75, 3.05) is 11.9 Å². The van der Waals surface area contributed by atoms with Crippen LogP contribution in [0.1, 0.15) is 30.0 Å². The number of hydrogen-bond donors (Lipinski definition) is 2. The van der Waals surface area contributed by atoms with Crippen LogP contribution in [0.2, 0.25) is 0 Å². The van der Waals surface area contributed by atoms with E-state index in [-0.39, 0.29) is 24.4 Å². The normalized spacial score (nSPS) is 16.8. The van der Waals surface area contributed by atoms with Gasteiger partial charge in [0.05, 0.1) is 11.7 Å². The van der Waals surface area contributed by atoms with Crippen molar-refractivity contribution in [3.05, 3.63) is 121 Å². The molecule has 2 atom stereocenters. The number of carbonyl (C=O) groups is 1. The predicted octanol–water partition coefficient (Wildman–Crippen LogP) is 6.98. The summed E-state index contributed by atoms with van der Waals surface area (Å²) < 4.78 is 6.35. The van der Waals surface area contributed by atoms with E-state index in [2.05, 4.69) is 27.8 Å². The molecular weight excluding hydrogens is 525 g/mol. The molecule has 3 aromatic carbocycles. The molecule has 0 aliphatic carbocycles. The SMILES string of the molecule is O=C(CCN1C(=S)N[C@H](c2ccccn2)[C@@H]1c1ccc(Sc2ccccc2)o1)Nc1cccc2ccccc12. The standard InChI is InChI=1S/C31H26N4O2S2/c36-27(33-24-15-8-10-21-9-4-5-13-23(21)24)18-20-35-30(29(34-31(35)38)25-14-6-7-19-32-25)26-16-17-28(37-26)39-22-11-2-1-3-12-22/h1-17,19,29-30H,18,20H2,(H,33,36)(H,34,38)/t29-,30+/m1/s1. The van der Waals surface area contributed by atoms with E-state index in [1.54, 1.807) is 18.0 Å². The van der Waals surface area contributed by atoms with E-state index >= 15 is 0 Å². The van der Waals surface area contributed by atoms with Crippen molar-refractivity contribution < 1.29 is 9.21 Å². The van der Waals surface area contributed by atoms with Gasteiger partial charge >= 0.3 is 0 Å². The Hall–Kier alpha value is -4.14. The van der Waals surface area contributed by atoms with Gasteiger partial charge in [-0.3, -0.25) is 9.78 Å². The van der Waals surface area contributed by atoms with Crippen molar-refractivity contribution in [1.29, 1.82) is 0 Å². The number of carbonyl (C=O) groups excluding carboxylic acids is 1. The van der Waals surface area contributed by atoms with E-state index in [9.17, 15) is 4.79 Å². The van der Waals surface area contributed by atoms with Gasteiger partial charge < -0.3 is 20.0 Å². The average molecular weight is 551 g/mol. The Morgan fingerprint density at radius 3 is 2.59 bits per heavy atom. The maximum atomic E-state index is 13.1. The van der Waals surface area contributed by atoms with Gasteiger partial charge in [-0.15, -0.1) is 0 Å². The van der Waals surface area contributed by atoms with Crippen molar-refractivity contribution in [3.8, 4) is 0 Å². The third-order valence-corrected chi connectivity index (χ3v) is 7.98. The van der Waals surface area contributed by atoms with Crippen molar-refractivity contribution in [3.63, 3.8) is 0 Å². The molecule has 1 aliphatic rings. The molecule has 0 unspecified atom stereocenters. The maximum Gasteiger partial charge on any atom is 0.226 e. The zero-order valence-electron chi connectivity index (χ0n) is 21.0. The molecule has 6 nitrogen and oxygen atoms in total. The molecule has 6 rings (SSSR count). The van der Waals surface area contributed by atoms with Gasteiger partial charge in [0, 0.05) is 35.1 Å². The highest BCUT2D eigenvalue weighted by Crippen LogP contribution is 2.41. The number of fused-ring (bicyclic) bond motifs is 1. The Morgan fingerprint density at radius 1 is 0.949 bits per heavy atom. The first-order valence-electron chi connectivity index (χ1n) is 12.7. The predicted molar refractivity (Wildman–Crippen MR) is 159 cm³/mol. The Morgan fingerprint density at radius 2 is 1.74 bits per heavy atom. The second-order valence-corrected chi connectivity index (χ2v) is 10.7. The Bertz CT molecular complexity index is 1600. The molecule has 0 spiro atoms. The summed E-state index contributed by atoms with van der Waals surface area (Å²) in [6.45, 7) is 0.429. The van der Waals surface area contributed by atoms with Crippen LogP contribution in [-0.2, 0) is 4.79 Å². The fraction of sp³-hybridized carbons (Fsp3) is 0.129. The van der Waals surface area contributed by atoms with Crippen LogP contribution in [0, 0.1) is 0 Å². The highest BCUT2D eigenvalue weighted by molar-refractivity contribution is 7.99. The molecule has 0 saturated carbocycles. The first kappa shape index (κ1) is 25.2. The number of benzene rings is 3. The molecule has 2 aromatic heterocycles. The van der Waals surface area contributed by atoms with Gasteiger partial charge in [0.25, 0.3) is 0 Å². The Labute approximate surface area is 236 Å². The summed E-state index contributed by atoms with van der Waals surface area (Å²) in [5.74, 6) is 0.694. The second kappa shape index (κ2) is 11.3. The fourth-order valence-electron chi connectivity index (χ4n) is 4.88. The minimum absolute atomic E-state index is 0.0750. The molecular formula is C31H26N4O2S2. The van der Waals surface area contributed by atoms with Crippen LogP contribution in [0.15, 0.2) is 124 Å². The van der Waals surface area contributed by atoms with Gasteiger partial charge in [0.15, 0.2) is 10.2 Å². The molecule has 1 amide bonds. The van der Waals surface area contributed by atoms with Crippen molar-refractivity contribution in [1.82, 2.24) is 15.2 Å². The van der Waals surface area contributed by atoms with Crippen LogP contribution in [0.3, 0.4) is 0 Å². The number of thiocarbonyl (C=S) groups is 1. The number of aromatic nitrogens is 1. The van der Waals surface area contributed by atoms with Crippen molar-refractivity contribution in [2.45, 2.75) is 28.5 Å². The summed E-state index contributed by atoms with van der Waals surface area (Å²) in [6.07, 6.45) is 2.04. The van der Waals surface area contributed by atoms with Gasteiger partial charge in [-0.2, -0.15) is 0 Å². The average Bonchev–Trinajstić information content (AvgIpc) is 3.56. The third kappa shape index (κ3) is 5.53. The molecule has 1 fully saturated rings. The van der Waals surface area contributed by atoms with Crippen LogP contribution >= 0.6 is 24.0 Å². The van der Waals surface area contributed by atoms with Gasteiger partial charge in [-0.1, -0.05) is 72.4 Å². The molecule has 1 aliphatic heterocycles. The zero-order chi connectivity index (χ0) is 26.6. The van der Waals surface area contributed by atoms with Crippen LogP contribution in [0.25, 0.3) is 10.8 Å². The zero-order valence-corrected chi connectivity index (χ0v) is 22.6. The lowest BCUT2D eigenvalue weighted by Gasteiger charge is -2.25. The van der Waals surface area contributed by atoms with Gasteiger partial charge in [-0.25, -0.2) is 0 Å². The highest BCUT2D eigenvalue weighted by atomic mass is 32.2. The Kier molecular flexibility index (Phi) is 7.29. The van der Waals surface area contributed by atoms with Crippen LogP contribution < -0.4 is 10.6 Å².